The van der Waals surface area contributed by atoms with Crippen LogP contribution in [0.3, 0.4) is 0 Å². The number of ether oxygens (including phenoxy) is 1. The third-order valence-electron chi connectivity index (χ3n) is 4.84. The summed E-state index contributed by atoms with van der Waals surface area (Å²) in [5.74, 6) is 1.72. The van der Waals surface area contributed by atoms with Crippen molar-refractivity contribution < 1.29 is 9.15 Å². The SMILES string of the molecule is Cc1cc2cccc(OCCNCc3cccc(C4=CCCC4)c3)c2o1. The fraction of sp³-hybridized carbons (Fsp3) is 0.304. The lowest BCUT2D eigenvalue weighted by Crippen LogP contribution is -2.20. The normalized spacial score (nSPS) is 14.0. The fourth-order valence-electron chi connectivity index (χ4n) is 3.56. The first-order valence-electron chi connectivity index (χ1n) is 9.40. The van der Waals surface area contributed by atoms with Gasteiger partial charge in [0.2, 0.25) is 0 Å². The van der Waals surface area contributed by atoms with Gasteiger partial charge in [0.05, 0.1) is 0 Å². The molecule has 0 aliphatic heterocycles. The number of benzene rings is 2. The quantitative estimate of drug-likeness (QED) is 0.575. The van der Waals surface area contributed by atoms with E-state index in [0.717, 1.165) is 35.6 Å². The summed E-state index contributed by atoms with van der Waals surface area (Å²) in [6.07, 6.45) is 6.09. The maximum Gasteiger partial charge on any atom is 0.176 e. The van der Waals surface area contributed by atoms with Gasteiger partial charge in [0, 0.05) is 18.5 Å². The number of allylic oxidation sites excluding steroid dienone is 2. The minimum Gasteiger partial charge on any atom is -0.488 e. The molecule has 2 aromatic carbocycles. The molecule has 0 unspecified atom stereocenters. The highest BCUT2D eigenvalue weighted by Gasteiger charge is 2.08. The molecular formula is C23H25NO2. The Morgan fingerprint density at radius 3 is 2.92 bits per heavy atom. The Morgan fingerprint density at radius 2 is 2.04 bits per heavy atom. The van der Waals surface area contributed by atoms with Gasteiger partial charge >= 0.3 is 0 Å². The maximum absolute atomic E-state index is 5.91. The first-order chi connectivity index (χ1) is 12.8. The van der Waals surface area contributed by atoms with Crippen molar-refractivity contribution in [3.05, 3.63) is 71.5 Å². The average Bonchev–Trinajstić information content (AvgIpc) is 3.31. The standard InChI is InChI=1S/C23H25NO2/c1-17-14-21-10-5-11-22(23(21)26-17)25-13-12-24-16-18-6-4-9-20(15-18)19-7-2-3-8-19/h4-7,9-11,14-15,24H,2-3,8,12-13,16H2,1H3. The number of fused-ring (bicyclic) bond motifs is 1. The van der Waals surface area contributed by atoms with Crippen molar-refractivity contribution in [2.45, 2.75) is 32.7 Å². The van der Waals surface area contributed by atoms with E-state index in [1.54, 1.807) is 0 Å². The second-order valence-corrected chi connectivity index (χ2v) is 6.88. The number of para-hydroxylation sites is 1. The molecule has 0 atom stereocenters. The minimum absolute atomic E-state index is 0.615. The summed E-state index contributed by atoms with van der Waals surface area (Å²) < 4.78 is 11.6. The Kier molecular flexibility index (Phi) is 5.07. The molecule has 3 heteroatoms. The van der Waals surface area contributed by atoms with Crippen molar-refractivity contribution in [1.29, 1.82) is 0 Å². The van der Waals surface area contributed by atoms with Crippen LogP contribution >= 0.6 is 0 Å². The van der Waals surface area contributed by atoms with E-state index in [-0.39, 0.29) is 0 Å². The second kappa shape index (κ2) is 7.79. The van der Waals surface area contributed by atoms with Crippen LogP contribution in [0.4, 0.5) is 0 Å². The largest absolute Gasteiger partial charge is 0.488 e. The first kappa shape index (κ1) is 16.9. The van der Waals surface area contributed by atoms with Gasteiger partial charge < -0.3 is 14.5 Å². The molecule has 1 N–H and O–H groups in total. The van der Waals surface area contributed by atoms with Gasteiger partial charge in [0.15, 0.2) is 11.3 Å². The summed E-state index contributed by atoms with van der Waals surface area (Å²) in [6.45, 7) is 4.22. The topological polar surface area (TPSA) is 34.4 Å². The molecule has 0 amide bonds. The molecule has 1 aromatic heterocycles. The zero-order valence-corrected chi connectivity index (χ0v) is 15.3. The lowest BCUT2D eigenvalue weighted by Gasteiger charge is -2.09. The number of furan rings is 1. The zero-order valence-electron chi connectivity index (χ0n) is 15.3. The molecule has 134 valence electrons. The van der Waals surface area contributed by atoms with Gasteiger partial charge in [-0.25, -0.2) is 0 Å². The van der Waals surface area contributed by atoms with Crippen LogP contribution in [0, 0.1) is 6.92 Å². The van der Waals surface area contributed by atoms with Gasteiger partial charge in [-0.05, 0) is 55.0 Å². The van der Waals surface area contributed by atoms with Crippen LogP contribution in [0.5, 0.6) is 5.75 Å². The number of hydrogen-bond donors (Lipinski definition) is 1. The Hall–Kier alpha value is -2.52. The van der Waals surface area contributed by atoms with Crippen LogP contribution in [0.15, 0.2) is 59.0 Å². The zero-order chi connectivity index (χ0) is 17.8. The highest BCUT2D eigenvalue weighted by atomic mass is 16.5. The molecule has 0 bridgehead atoms. The summed E-state index contributed by atoms with van der Waals surface area (Å²) in [7, 11) is 0. The molecular weight excluding hydrogens is 322 g/mol. The monoisotopic (exact) mass is 347 g/mol. The van der Waals surface area contributed by atoms with Crippen molar-refractivity contribution in [3.8, 4) is 5.75 Å². The van der Waals surface area contributed by atoms with Gasteiger partial charge in [0.1, 0.15) is 12.4 Å². The van der Waals surface area contributed by atoms with Gasteiger partial charge in [-0.1, -0.05) is 42.5 Å². The molecule has 3 nitrogen and oxygen atoms in total. The van der Waals surface area contributed by atoms with E-state index in [0.29, 0.717) is 6.61 Å². The van der Waals surface area contributed by atoms with E-state index < -0.39 is 0 Å². The van der Waals surface area contributed by atoms with E-state index in [1.165, 1.54) is 36.0 Å². The summed E-state index contributed by atoms with van der Waals surface area (Å²) in [4.78, 5) is 0. The first-order valence-corrected chi connectivity index (χ1v) is 9.40. The summed E-state index contributed by atoms with van der Waals surface area (Å²) in [5.41, 5.74) is 5.02. The van der Waals surface area contributed by atoms with Gasteiger partial charge in [-0.3, -0.25) is 0 Å². The molecule has 0 radical (unpaired) electrons. The molecule has 1 aliphatic rings. The van der Waals surface area contributed by atoms with E-state index in [1.807, 2.05) is 31.2 Å². The third-order valence-corrected chi connectivity index (χ3v) is 4.84. The molecule has 3 aromatic rings. The van der Waals surface area contributed by atoms with Crippen molar-refractivity contribution in [3.63, 3.8) is 0 Å². The molecule has 26 heavy (non-hydrogen) atoms. The van der Waals surface area contributed by atoms with Crippen LogP contribution in [0.25, 0.3) is 16.5 Å². The lowest BCUT2D eigenvalue weighted by molar-refractivity contribution is 0.312. The number of aryl methyl sites for hydroxylation is 1. The second-order valence-electron chi connectivity index (χ2n) is 6.88. The highest BCUT2D eigenvalue weighted by molar-refractivity contribution is 5.83. The summed E-state index contributed by atoms with van der Waals surface area (Å²) >= 11 is 0. The van der Waals surface area contributed by atoms with Crippen LogP contribution < -0.4 is 10.1 Å². The Balaban J connectivity index is 1.28. The summed E-state index contributed by atoms with van der Waals surface area (Å²) in [5, 5.41) is 4.56. The van der Waals surface area contributed by atoms with Crippen LogP contribution in [-0.4, -0.2) is 13.2 Å². The third kappa shape index (κ3) is 3.83. The Bertz CT molecular complexity index is 923. The highest BCUT2D eigenvalue weighted by Crippen LogP contribution is 2.29. The smallest absolute Gasteiger partial charge is 0.176 e. The van der Waals surface area contributed by atoms with Crippen molar-refractivity contribution in [1.82, 2.24) is 5.32 Å². The van der Waals surface area contributed by atoms with E-state index in [9.17, 15) is 0 Å². The molecule has 0 fully saturated rings. The van der Waals surface area contributed by atoms with Gasteiger partial charge in [0.25, 0.3) is 0 Å². The molecule has 1 aliphatic carbocycles. The molecule has 0 spiro atoms. The maximum atomic E-state index is 5.91. The molecule has 0 saturated carbocycles. The van der Waals surface area contributed by atoms with Crippen molar-refractivity contribution >= 4 is 16.5 Å². The van der Waals surface area contributed by atoms with Crippen LogP contribution in [0.2, 0.25) is 0 Å². The van der Waals surface area contributed by atoms with E-state index in [2.05, 4.69) is 35.7 Å². The molecule has 1 heterocycles. The number of hydrogen-bond acceptors (Lipinski definition) is 3. The van der Waals surface area contributed by atoms with Crippen LogP contribution in [0.1, 0.15) is 36.1 Å². The Labute approximate surface area is 154 Å². The average molecular weight is 347 g/mol. The number of nitrogens with one attached hydrogen (secondary N) is 1. The molecule has 4 rings (SSSR count). The summed E-state index contributed by atoms with van der Waals surface area (Å²) in [6, 6.07) is 16.9. The van der Waals surface area contributed by atoms with E-state index in [4.69, 9.17) is 9.15 Å². The van der Waals surface area contributed by atoms with E-state index >= 15 is 0 Å². The number of rotatable bonds is 7. The van der Waals surface area contributed by atoms with Crippen LogP contribution in [-0.2, 0) is 6.54 Å². The van der Waals surface area contributed by atoms with Crippen molar-refractivity contribution in [2.24, 2.45) is 0 Å². The van der Waals surface area contributed by atoms with Gasteiger partial charge in [-0.15, -0.1) is 0 Å². The lowest BCUT2D eigenvalue weighted by atomic mass is 10.0. The Morgan fingerprint density at radius 1 is 1.12 bits per heavy atom. The predicted molar refractivity (Wildman–Crippen MR) is 106 cm³/mol. The minimum atomic E-state index is 0.615. The predicted octanol–water partition coefficient (Wildman–Crippen LogP) is 5.48. The van der Waals surface area contributed by atoms with Gasteiger partial charge in [-0.2, -0.15) is 0 Å². The molecule has 0 saturated heterocycles. The fourth-order valence-corrected chi connectivity index (χ4v) is 3.56. The van der Waals surface area contributed by atoms with Crippen molar-refractivity contribution in [2.75, 3.05) is 13.2 Å².